The van der Waals surface area contributed by atoms with E-state index in [1.54, 1.807) is 12.3 Å². The second-order valence-corrected chi connectivity index (χ2v) is 6.79. The Balaban J connectivity index is 2.13. The molecular weight excluding hydrogens is 422 g/mol. The normalized spacial score (nSPS) is 11.4. The standard InChI is InChI=1S/C17H13Br2N3O/c1-2-16-21-15-8-7-13(19)9-14(15)17(23)22(16)20-10-11-3-5-12(18)6-4-11/h3-10H,2H2,1H3. The van der Waals surface area contributed by atoms with Gasteiger partial charge in [-0.1, -0.05) is 50.9 Å². The van der Waals surface area contributed by atoms with Crippen LogP contribution in [0.15, 0.2) is 61.3 Å². The van der Waals surface area contributed by atoms with Crippen molar-refractivity contribution in [1.29, 1.82) is 0 Å². The Morgan fingerprint density at radius 3 is 2.52 bits per heavy atom. The van der Waals surface area contributed by atoms with Crippen molar-refractivity contribution in [2.45, 2.75) is 13.3 Å². The van der Waals surface area contributed by atoms with Crippen molar-refractivity contribution in [3.63, 3.8) is 0 Å². The summed E-state index contributed by atoms with van der Waals surface area (Å²) in [5.41, 5.74) is 1.43. The fraction of sp³-hybridized carbons (Fsp3) is 0.118. The predicted octanol–water partition coefficient (Wildman–Crippen LogP) is 4.37. The van der Waals surface area contributed by atoms with Gasteiger partial charge in [-0.2, -0.15) is 9.78 Å². The first kappa shape index (κ1) is 16.1. The zero-order valence-electron chi connectivity index (χ0n) is 12.3. The van der Waals surface area contributed by atoms with Crippen LogP contribution in [0.1, 0.15) is 18.3 Å². The summed E-state index contributed by atoms with van der Waals surface area (Å²) in [5.74, 6) is 0.637. The molecule has 2 aromatic carbocycles. The zero-order chi connectivity index (χ0) is 16.4. The first-order valence-corrected chi connectivity index (χ1v) is 8.68. The van der Waals surface area contributed by atoms with Crippen molar-refractivity contribution in [3.8, 4) is 0 Å². The Labute approximate surface area is 150 Å². The number of benzene rings is 2. The molecule has 4 nitrogen and oxygen atoms in total. The van der Waals surface area contributed by atoms with Gasteiger partial charge < -0.3 is 0 Å². The summed E-state index contributed by atoms with van der Waals surface area (Å²) in [4.78, 5) is 17.3. The highest BCUT2D eigenvalue weighted by atomic mass is 79.9. The van der Waals surface area contributed by atoms with E-state index >= 15 is 0 Å². The lowest BCUT2D eigenvalue weighted by atomic mass is 10.2. The van der Waals surface area contributed by atoms with E-state index in [9.17, 15) is 4.79 Å². The number of hydrogen-bond donors (Lipinski definition) is 0. The van der Waals surface area contributed by atoms with Crippen LogP contribution in [0.3, 0.4) is 0 Å². The van der Waals surface area contributed by atoms with Crippen molar-refractivity contribution < 1.29 is 0 Å². The van der Waals surface area contributed by atoms with Gasteiger partial charge in [0.05, 0.1) is 17.1 Å². The maximum atomic E-state index is 12.7. The van der Waals surface area contributed by atoms with Crippen LogP contribution in [0, 0.1) is 0 Å². The molecule has 0 saturated heterocycles. The van der Waals surface area contributed by atoms with E-state index in [-0.39, 0.29) is 5.56 Å². The highest BCUT2D eigenvalue weighted by molar-refractivity contribution is 9.10. The number of hydrogen-bond acceptors (Lipinski definition) is 3. The van der Waals surface area contributed by atoms with E-state index in [1.165, 1.54) is 4.68 Å². The Morgan fingerprint density at radius 2 is 1.83 bits per heavy atom. The number of halogens is 2. The van der Waals surface area contributed by atoms with Crippen molar-refractivity contribution >= 4 is 49.0 Å². The third-order valence-corrected chi connectivity index (χ3v) is 4.41. The lowest BCUT2D eigenvalue weighted by Gasteiger charge is -2.07. The molecule has 0 aliphatic heterocycles. The van der Waals surface area contributed by atoms with Crippen LogP contribution in [0.2, 0.25) is 0 Å². The molecule has 0 spiro atoms. The molecule has 23 heavy (non-hydrogen) atoms. The van der Waals surface area contributed by atoms with Crippen LogP contribution in [0.4, 0.5) is 0 Å². The Hall–Kier alpha value is -1.79. The van der Waals surface area contributed by atoms with Crippen molar-refractivity contribution in [2.24, 2.45) is 5.10 Å². The van der Waals surface area contributed by atoms with Crippen LogP contribution < -0.4 is 5.56 Å². The van der Waals surface area contributed by atoms with Gasteiger partial charge in [0.15, 0.2) is 0 Å². The molecule has 0 amide bonds. The second kappa shape index (κ2) is 6.76. The number of nitrogens with zero attached hydrogens (tertiary/aromatic N) is 3. The molecule has 0 bridgehead atoms. The van der Waals surface area contributed by atoms with E-state index in [2.05, 4.69) is 41.9 Å². The van der Waals surface area contributed by atoms with Gasteiger partial charge in [0.1, 0.15) is 5.82 Å². The predicted molar refractivity (Wildman–Crippen MR) is 100 cm³/mol. The summed E-state index contributed by atoms with van der Waals surface area (Å²) in [6.45, 7) is 1.96. The minimum atomic E-state index is -0.165. The summed E-state index contributed by atoms with van der Waals surface area (Å²) in [5, 5.41) is 4.89. The molecule has 0 radical (unpaired) electrons. The van der Waals surface area contributed by atoms with E-state index in [1.807, 2.05) is 43.3 Å². The van der Waals surface area contributed by atoms with Gasteiger partial charge in [0.2, 0.25) is 0 Å². The number of fused-ring (bicyclic) bond motifs is 1. The summed E-state index contributed by atoms with van der Waals surface area (Å²) in [6.07, 6.45) is 2.29. The lowest BCUT2D eigenvalue weighted by Crippen LogP contribution is -2.22. The van der Waals surface area contributed by atoms with E-state index in [4.69, 9.17) is 0 Å². The molecule has 0 saturated carbocycles. The molecule has 1 aromatic heterocycles. The Kier molecular flexibility index (Phi) is 4.73. The van der Waals surface area contributed by atoms with E-state index in [0.29, 0.717) is 23.1 Å². The minimum absolute atomic E-state index is 0.165. The number of aromatic nitrogens is 2. The summed E-state index contributed by atoms with van der Waals surface area (Å²) >= 11 is 6.79. The average Bonchev–Trinajstić information content (AvgIpc) is 2.56. The molecule has 0 aliphatic rings. The maximum absolute atomic E-state index is 12.7. The third kappa shape index (κ3) is 3.43. The molecule has 6 heteroatoms. The molecule has 116 valence electrons. The van der Waals surface area contributed by atoms with Gasteiger partial charge in [-0.15, -0.1) is 0 Å². The molecule has 1 heterocycles. The minimum Gasteiger partial charge on any atom is -0.267 e. The van der Waals surface area contributed by atoms with Gasteiger partial charge in [-0.3, -0.25) is 4.79 Å². The smallest absolute Gasteiger partial charge is 0.267 e. The van der Waals surface area contributed by atoms with Gasteiger partial charge in [-0.05, 0) is 35.9 Å². The van der Waals surface area contributed by atoms with E-state index < -0.39 is 0 Å². The molecule has 0 atom stereocenters. The van der Waals surface area contributed by atoms with Crippen LogP contribution in [-0.2, 0) is 6.42 Å². The molecule has 0 fully saturated rings. The van der Waals surface area contributed by atoms with Gasteiger partial charge in [0.25, 0.3) is 5.56 Å². The SMILES string of the molecule is CCc1nc2ccc(Br)cc2c(=O)n1N=Cc1ccc(Br)cc1. The van der Waals surface area contributed by atoms with E-state index in [0.717, 1.165) is 14.5 Å². The summed E-state index contributed by atoms with van der Waals surface area (Å²) < 4.78 is 3.21. The van der Waals surface area contributed by atoms with Gasteiger partial charge in [0, 0.05) is 15.4 Å². The fourth-order valence-electron chi connectivity index (χ4n) is 2.22. The molecule has 0 unspecified atom stereocenters. The summed E-state index contributed by atoms with van der Waals surface area (Å²) in [6, 6.07) is 13.2. The topological polar surface area (TPSA) is 47.2 Å². The molecule has 0 N–H and O–H groups in total. The number of aryl methyl sites for hydroxylation is 1. The highest BCUT2D eigenvalue weighted by Crippen LogP contribution is 2.16. The van der Waals surface area contributed by atoms with Gasteiger partial charge >= 0.3 is 0 Å². The van der Waals surface area contributed by atoms with Crippen molar-refractivity contribution in [2.75, 3.05) is 0 Å². The van der Waals surface area contributed by atoms with Crippen LogP contribution in [-0.4, -0.2) is 15.9 Å². The largest absolute Gasteiger partial charge is 0.282 e. The Bertz CT molecular complexity index is 946. The molecule has 0 aliphatic carbocycles. The fourth-order valence-corrected chi connectivity index (χ4v) is 2.84. The molecule has 3 aromatic rings. The van der Waals surface area contributed by atoms with Crippen LogP contribution in [0.5, 0.6) is 0 Å². The average molecular weight is 435 g/mol. The van der Waals surface area contributed by atoms with Crippen LogP contribution >= 0.6 is 31.9 Å². The first-order chi connectivity index (χ1) is 11.1. The Morgan fingerprint density at radius 1 is 1.13 bits per heavy atom. The van der Waals surface area contributed by atoms with Crippen molar-refractivity contribution in [1.82, 2.24) is 9.66 Å². The highest BCUT2D eigenvalue weighted by Gasteiger charge is 2.09. The summed E-state index contributed by atoms with van der Waals surface area (Å²) in [7, 11) is 0. The maximum Gasteiger partial charge on any atom is 0.282 e. The number of rotatable bonds is 3. The van der Waals surface area contributed by atoms with Crippen LogP contribution in [0.25, 0.3) is 10.9 Å². The van der Waals surface area contributed by atoms with Crippen molar-refractivity contribution in [3.05, 3.63) is 73.2 Å². The molecular formula is C17H13Br2N3O. The molecule has 3 rings (SSSR count). The third-order valence-electron chi connectivity index (χ3n) is 3.38. The van der Waals surface area contributed by atoms with Gasteiger partial charge in [-0.25, -0.2) is 4.98 Å². The zero-order valence-corrected chi connectivity index (χ0v) is 15.5. The lowest BCUT2D eigenvalue weighted by molar-refractivity contribution is 0.734. The first-order valence-electron chi connectivity index (χ1n) is 7.09. The monoisotopic (exact) mass is 433 g/mol. The quantitative estimate of drug-likeness (QED) is 0.574. The second-order valence-electron chi connectivity index (χ2n) is 4.96.